The van der Waals surface area contributed by atoms with E-state index in [1.54, 1.807) is 11.3 Å². The summed E-state index contributed by atoms with van der Waals surface area (Å²) >= 11 is 5.31. The first-order valence-electron chi connectivity index (χ1n) is 5.28. The van der Waals surface area contributed by atoms with Crippen LogP contribution < -0.4 is 4.90 Å². The molecule has 0 aliphatic heterocycles. The van der Waals surface area contributed by atoms with Gasteiger partial charge in [-0.1, -0.05) is 46.3 Å². The molecule has 0 unspecified atom stereocenters. The van der Waals surface area contributed by atoms with Crippen LogP contribution >= 0.6 is 27.3 Å². The highest BCUT2D eigenvalue weighted by molar-refractivity contribution is 9.09. The minimum atomic E-state index is 0.979. The van der Waals surface area contributed by atoms with E-state index in [2.05, 4.69) is 68.7 Å². The van der Waals surface area contributed by atoms with Gasteiger partial charge in [0, 0.05) is 18.4 Å². The first-order chi connectivity index (χ1) is 7.90. The lowest BCUT2D eigenvalue weighted by Crippen LogP contribution is -2.23. The van der Waals surface area contributed by atoms with E-state index in [4.69, 9.17) is 0 Å². The number of hydrogen-bond donors (Lipinski definition) is 0. The van der Waals surface area contributed by atoms with E-state index in [1.165, 1.54) is 10.6 Å². The molecule has 1 heterocycles. The Hall–Kier alpha value is -0.800. The zero-order chi connectivity index (χ0) is 11.2. The second-order valence-electron chi connectivity index (χ2n) is 3.55. The molecule has 0 N–H and O–H groups in total. The van der Waals surface area contributed by atoms with Crippen LogP contribution in [0.2, 0.25) is 0 Å². The molecule has 0 aliphatic carbocycles. The molecule has 0 saturated carbocycles. The van der Waals surface area contributed by atoms with E-state index >= 15 is 0 Å². The van der Waals surface area contributed by atoms with Crippen molar-refractivity contribution in [3.8, 4) is 0 Å². The highest BCUT2D eigenvalue weighted by Gasteiger charge is 2.06. The van der Waals surface area contributed by atoms with Crippen molar-refractivity contribution < 1.29 is 0 Å². The Kier molecular flexibility index (Phi) is 4.43. The van der Waals surface area contributed by atoms with Crippen molar-refractivity contribution in [2.45, 2.75) is 6.54 Å². The third-order valence-corrected chi connectivity index (χ3v) is 3.67. The van der Waals surface area contributed by atoms with Crippen LogP contribution in [0.5, 0.6) is 0 Å². The van der Waals surface area contributed by atoms with Gasteiger partial charge in [-0.3, -0.25) is 0 Å². The van der Waals surface area contributed by atoms with Crippen LogP contribution in [0, 0.1) is 0 Å². The second kappa shape index (κ2) is 6.06. The van der Waals surface area contributed by atoms with Gasteiger partial charge >= 0.3 is 0 Å². The molecule has 0 amide bonds. The van der Waals surface area contributed by atoms with Gasteiger partial charge in [0.25, 0.3) is 0 Å². The van der Waals surface area contributed by atoms with Crippen molar-refractivity contribution in [2.75, 3.05) is 16.8 Å². The van der Waals surface area contributed by atoms with E-state index in [0.717, 1.165) is 18.4 Å². The summed E-state index contributed by atoms with van der Waals surface area (Å²) in [5.41, 5.74) is 1.36. The average molecular weight is 296 g/mol. The molecule has 16 heavy (non-hydrogen) atoms. The van der Waals surface area contributed by atoms with Crippen LogP contribution in [0.4, 0.5) is 5.00 Å². The molecule has 0 radical (unpaired) electrons. The normalized spacial score (nSPS) is 10.3. The highest BCUT2D eigenvalue weighted by Crippen LogP contribution is 2.23. The van der Waals surface area contributed by atoms with Gasteiger partial charge in [-0.2, -0.15) is 0 Å². The topological polar surface area (TPSA) is 3.24 Å². The van der Waals surface area contributed by atoms with Gasteiger partial charge in [-0.25, -0.2) is 0 Å². The molecule has 0 spiro atoms. The Morgan fingerprint density at radius 2 is 1.88 bits per heavy atom. The molecule has 2 rings (SSSR count). The predicted molar refractivity (Wildman–Crippen MR) is 75.6 cm³/mol. The SMILES string of the molecule is BrCCN(Cc1ccccc1)c1cccs1. The molecule has 0 aliphatic rings. The maximum Gasteiger partial charge on any atom is 0.0911 e. The predicted octanol–water partition coefficient (Wildman–Crippen LogP) is 4.15. The Balaban J connectivity index is 2.09. The molecular formula is C13H14BrNS. The molecule has 0 atom stereocenters. The molecule has 1 aromatic carbocycles. The molecular weight excluding hydrogens is 282 g/mol. The number of anilines is 1. The van der Waals surface area contributed by atoms with Gasteiger partial charge in [-0.15, -0.1) is 11.3 Å². The smallest absolute Gasteiger partial charge is 0.0911 e. The summed E-state index contributed by atoms with van der Waals surface area (Å²) in [6, 6.07) is 14.9. The van der Waals surface area contributed by atoms with Crippen LogP contribution in [0.15, 0.2) is 47.8 Å². The zero-order valence-electron chi connectivity index (χ0n) is 8.97. The van der Waals surface area contributed by atoms with E-state index in [1.807, 2.05) is 0 Å². The van der Waals surface area contributed by atoms with Crippen LogP contribution in [-0.4, -0.2) is 11.9 Å². The monoisotopic (exact) mass is 295 g/mol. The standard InChI is InChI=1S/C13H14BrNS/c14-8-9-15(13-7-4-10-16-13)11-12-5-2-1-3-6-12/h1-7,10H,8-9,11H2. The second-order valence-corrected chi connectivity index (χ2v) is 5.27. The van der Waals surface area contributed by atoms with Crippen LogP contribution in [-0.2, 0) is 6.54 Å². The Morgan fingerprint density at radius 3 is 2.50 bits per heavy atom. The van der Waals surface area contributed by atoms with Gasteiger partial charge in [0.1, 0.15) is 0 Å². The fourth-order valence-corrected chi connectivity index (χ4v) is 2.81. The van der Waals surface area contributed by atoms with Gasteiger partial charge in [0.05, 0.1) is 5.00 Å². The lowest BCUT2D eigenvalue weighted by Gasteiger charge is -2.22. The number of rotatable bonds is 5. The number of hydrogen-bond acceptors (Lipinski definition) is 2. The van der Waals surface area contributed by atoms with Crippen molar-refractivity contribution in [3.05, 3.63) is 53.4 Å². The Bertz CT molecular complexity index is 399. The number of halogens is 1. The van der Waals surface area contributed by atoms with Crippen molar-refractivity contribution in [3.63, 3.8) is 0 Å². The van der Waals surface area contributed by atoms with Crippen LogP contribution in [0.25, 0.3) is 0 Å². The number of thiophene rings is 1. The summed E-state index contributed by atoms with van der Waals surface area (Å²) in [6.07, 6.45) is 0. The quantitative estimate of drug-likeness (QED) is 0.749. The van der Waals surface area contributed by atoms with Crippen molar-refractivity contribution in [2.24, 2.45) is 0 Å². The molecule has 1 aromatic heterocycles. The molecule has 3 heteroatoms. The summed E-state index contributed by atoms with van der Waals surface area (Å²) in [7, 11) is 0. The fourth-order valence-electron chi connectivity index (χ4n) is 1.62. The van der Waals surface area contributed by atoms with Gasteiger partial charge in [0.2, 0.25) is 0 Å². The molecule has 2 aromatic rings. The largest absolute Gasteiger partial charge is 0.358 e. The van der Waals surface area contributed by atoms with Gasteiger partial charge in [0.15, 0.2) is 0 Å². The third-order valence-electron chi connectivity index (χ3n) is 2.39. The van der Waals surface area contributed by atoms with E-state index in [0.29, 0.717) is 0 Å². The van der Waals surface area contributed by atoms with E-state index < -0.39 is 0 Å². The highest BCUT2D eigenvalue weighted by atomic mass is 79.9. The van der Waals surface area contributed by atoms with Crippen molar-refractivity contribution >= 4 is 32.3 Å². The lowest BCUT2D eigenvalue weighted by atomic mass is 10.2. The summed E-state index contributed by atoms with van der Waals surface area (Å²) in [6.45, 7) is 2.02. The van der Waals surface area contributed by atoms with Crippen molar-refractivity contribution in [1.29, 1.82) is 0 Å². The number of alkyl halides is 1. The molecule has 0 saturated heterocycles. The van der Waals surface area contributed by atoms with E-state index in [-0.39, 0.29) is 0 Å². The van der Waals surface area contributed by atoms with Crippen molar-refractivity contribution in [1.82, 2.24) is 0 Å². The minimum absolute atomic E-state index is 0.979. The molecule has 0 bridgehead atoms. The third kappa shape index (κ3) is 3.09. The molecule has 0 fully saturated rings. The number of nitrogens with zero attached hydrogens (tertiary/aromatic N) is 1. The maximum atomic E-state index is 3.51. The number of benzene rings is 1. The Labute approximate surface area is 109 Å². The van der Waals surface area contributed by atoms with E-state index in [9.17, 15) is 0 Å². The fraction of sp³-hybridized carbons (Fsp3) is 0.231. The minimum Gasteiger partial charge on any atom is -0.358 e. The maximum absolute atomic E-state index is 3.51. The first-order valence-corrected chi connectivity index (χ1v) is 7.28. The van der Waals surface area contributed by atoms with Crippen LogP contribution in [0.3, 0.4) is 0 Å². The summed E-state index contributed by atoms with van der Waals surface area (Å²) in [5.74, 6) is 0. The Morgan fingerprint density at radius 1 is 1.06 bits per heavy atom. The zero-order valence-corrected chi connectivity index (χ0v) is 11.4. The molecule has 84 valence electrons. The average Bonchev–Trinajstić information content (AvgIpc) is 2.83. The molecule has 1 nitrogen and oxygen atoms in total. The van der Waals surface area contributed by atoms with Crippen LogP contribution in [0.1, 0.15) is 5.56 Å². The van der Waals surface area contributed by atoms with Gasteiger partial charge < -0.3 is 4.90 Å². The summed E-state index contributed by atoms with van der Waals surface area (Å²) in [4.78, 5) is 2.40. The lowest BCUT2D eigenvalue weighted by molar-refractivity contribution is 0.850. The summed E-state index contributed by atoms with van der Waals surface area (Å²) in [5, 5.41) is 4.46. The first kappa shape index (κ1) is 11.7. The van der Waals surface area contributed by atoms with Gasteiger partial charge in [-0.05, 0) is 23.1 Å². The summed E-state index contributed by atoms with van der Waals surface area (Å²) < 4.78 is 0.